The van der Waals surface area contributed by atoms with Gasteiger partial charge in [-0.3, -0.25) is 9.67 Å². The zero-order chi connectivity index (χ0) is 28.9. The van der Waals surface area contributed by atoms with Gasteiger partial charge in [-0.25, -0.2) is 4.79 Å². The van der Waals surface area contributed by atoms with Gasteiger partial charge in [0.1, 0.15) is 11.7 Å². The standard InChI is InChI=1S/C34H36N6O2/c1-2-28-27-20-39(29-11-10-24(19-35)31-26(29)9-6-16-37-31)21-30(27)40(38-28)22-33-12-14-34(15-13-33,42-32(36)41)25(18-33)17-23-7-4-3-5-8-23/h3-11,16,25H,2,12-15,17-18,20-22H2,1H3,(H2,36,41). The largest absolute Gasteiger partial charge is 0.443 e. The van der Waals surface area contributed by atoms with Gasteiger partial charge in [-0.15, -0.1) is 0 Å². The first-order valence-electron chi connectivity index (χ1n) is 15.1. The van der Waals surface area contributed by atoms with Crippen LogP contribution < -0.4 is 10.6 Å². The number of aromatic nitrogens is 3. The Bertz CT molecular complexity index is 1700. The third-order valence-electron chi connectivity index (χ3n) is 10.2. The van der Waals surface area contributed by atoms with E-state index in [2.05, 4.69) is 64.0 Å². The summed E-state index contributed by atoms with van der Waals surface area (Å²) in [6, 6.07) is 20.8. The Kier molecular flexibility index (Phi) is 6.41. The number of amides is 1. The molecule has 4 aromatic rings. The molecule has 8 heteroatoms. The lowest BCUT2D eigenvalue weighted by molar-refractivity contribution is -0.143. The Morgan fingerprint density at radius 1 is 1.10 bits per heavy atom. The van der Waals surface area contributed by atoms with Crippen LogP contribution in [0.5, 0.6) is 0 Å². The van der Waals surface area contributed by atoms with Gasteiger partial charge in [0.05, 0.1) is 29.0 Å². The van der Waals surface area contributed by atoms with Crippen LogP contribution in [0.2, 0.25) is 0 Å². The van der Waals surface area contributed by atoms with Crippen molar-refractivity contribution >= 4 is 22.7 Å². The number of rotatable bonds is 7. The molecule has 2 N–H and O–H groups in total. The lowest BCUT2D eigenvalue weighted by Crippen LogP contribution is -2.57. The highest BCUT2D eigenvalue weighted by Gasteiger charge is 2.56. The molecule has 3 fully saturated rings. The van der Waals surface area contributed by atoms with Gasteiger partial charge < -0.3 is 15.4 Å². The molecule has 1 amide bonds. The summed E-state index contributed by atoms with van der Waals surface area (Å²) in [5, 5.41) is 15.8. The first-order valence-corrected chi connectivity index (χ1v) is 15.1. The first-order chi connectivity index (χ1) is 20.4. The number of primary amides is 1. The summed E-state index contributed by atoms with van der Waals surface area (Å²) in [6.45, 7) is 4.63. The van der Waals surface area contributed by atoms with Crippen molar-refractivity contribution in [2.75, 3.05) is 4.90 Å². The second kappa shape index (κ2) is 10.2. The van der Waals surface area contributed by atoms with E-state index in [1.807, 2.05) is 18.2 Å². The molecule has 0 spiro atoms. The van der Waals surface area contributed by atoms with Gasteiger partial charge in [0.25, 0.3) is 0 Å². The third kappa shape index (κ3) is 4.39. The molecule has 1 aliphatic heterocycles. The fraction of sp³-hybridized carbons (Fsp3) is 0.412. The van der Waals surface area contributed by atoms with E-state index in [9.17, 15) is 10.1 Å². The van der Waals surface area contributed by atoms with Gasteiger partial charge in [-0.2, -0.15) is 10.4 Å². The summed E-state index contributed by atoms with van der Waals surface area (Å²) in [5.74, 6) is 0.221. The number of pyridine rings is 1. The molecule has 3 heterocycles. The van der Waals surface area contributed by atoms with Gasteiger partial charge in [0.2, 0.25) is 0 Å². The van der Waals surface area contributed by atoms with Crippen molar-refractivity contribution in [1.82, 2.24) is 14.8 Å². The molecular formula is C34H36N6O2. The molecule has 42 heavy (non-hydrogen) atoms. The first kappa shape index (κ1) is 26.5. The number of nitrogens with two attached hydrogens (primary N) is 1. The number of nitrogens with zero attached hydrogens (tertiary/aromatic N) is 5. The molecule has 1 atom stereocenters. The van der Waals surface area contributed by atoms with Crippen LogP contribution in [0.3, 0.4) is 0 Å². The molecule has 3 aliphatic carbocycles. The highest BCUT2D eigenvalue weighted by molar-refractivity contribution is 5.95. The van der Waals surface area contributed by atoms with E-state index in [-0.39, 0.29) is 11.3 Å². The van der Waals surface area contributed by atoms with Gasteiger partial charge in [0, 0.05) is 41.8 Å². The van der Waals surface area contributed by atoms with Crippen molar-refractivity contribution in [3.63, 3.8) is 0 Å². The van der Waals surface area contributed by atoms with Gasteiger partial charge in [-0.05, 0) is 80.2 Å². The number of nitriles is 1. The zero-order valence-electron chi connectivity index (χ0n) is 24.1. The van der Waals surface area contributed by atoms with Crippen LogP contribution in [-0.2, 0) is 37.2 Å². The van der Waals surface area contributed by atoms with E-state index in [1.165, 1.54) is 22.5 Å². The quantitative estimate of drug-likeness (QED) is 0.295. The molecule has 1 unspecified atom stereocenters. The summed E-state index contributed by atoms with van der Waals surface area (Å²) in [6.07, 6.45) is 7.52. The van der Waals surface area contributed by atoms with Crippen molar-refractivity contribution in [2.45, 2.75) is 77.1 Å². The molecular weight excluding hydrogens is 524 g/mol. The summed E-state index contributed by atoms with van der Waals surface area (Å²) in [7, 11) is 0. The second-order valence-electron chi connectivity index (χ2n) is 12.5. The van der Waals surface area contributed by atoms with Crippen LogP contribution in [0.25, 0.3) is 10.9 Å². The van der Waals surface area contributed by atoms with Crippen LogP contribution in [0, 0.1) is 22.7 Å². The van der Waals surface area contributed by atoms with Crippen molar-refractivity contribution in [3.05, 3.63) is 88.9 Å². The number of hydrogen-bond donors (Lipinski definition) is 1. The fourth-order valence-corrected chi connectivity index (χ4v) is 8.09. The lowest BCUT2D eigenvalue weighted by atomic mass is 9.53. The van der Waals surface area contributed by atoms with E-state index in [4.69, 9.17) is 15.6 Å². The van der Waals surface area contributed by atoms with E-state index in [0.29, 0.717) is 5.56 Å². The third-order valence-corrected chi connectivity index (χ3v) is 10.2. The number of hydrogen-bond acceptors (Lipinski definition) is 6. The minimum atomic E-state index is -0.662. The average molecular weight is 561 g/mol. The van der Waals surface area contributed by atoms with E-state index in [0.717, 1.165) is 81.2 Å². The molecule has 4 aliphatic rings. The van der Waals surface area contributed by atoms with Gasteiger partial charge in [0.15, 0.2) is 0 Å². The van der Waals surface area contributed by atoms with Gasteiger partial charge >= 0.3 is 6.09 Å². The molecule has 8 rings (SSSR count). The molecule has 2 aromatic carbocycles. The van der Waals surface area contributed by atoms with E-state index < -0.39 is 11.7 Å². The number of carbonyl (C=O) groups excluding carboxylic acids is 1. The maximum Gasteiger partial charge on any atom is 0.405 e. The highest BCUT2D eigenvalue weighted by atomic mass is 16.6. The second-order valence-corrected chi connectivity index (χ2v) is 12.5. The molecule has 0 saturated heterocycles. The highest BCUT2D eigenvalue weighted by Crippen LogP contribution is 2.58. The van der Waals surface area contributed by atoms with Crippen molar-refractivity contribution in [1.29, 1.82) is 5.26 Å². The number of benzene rings is 2. The normalized spacial score (nSPS) is 24.5. The maximum atomic E-state index is 12.0. The smallest absolute Gasteiger partial charge is 0.405 e. The molecule has 3 saturated carbocycles. The van der Waals surface area contributed by atoms with Gasteiger partial charge in [-0.1, -0.05) is 37.3 Å². The van der Waals surface area contributed by atoms with Crippen LogP contribution in [0.4, 0.5) is 10.5 Å². The molecule has 0 radical (unpaired) electrons. The number of anilines is 1. The van der Waals surface area contributed by atoms with Crippen LogP contribution in [-0.4, -0.2) is 26.5 Å². The minimum Gasteiger partial charge on any atom is -0.443 e. The maximum absolute atomic E-state index is 12.0. The molecule has 8 nitrogen and oxygen atoms in total. The van der Waals surface area contributed by atoms with Crippen LogP contribution >= 0.6 is 0 Å². The van der Waals surface area contributed by atoms with Crippen molar-refractivity contribution in [2.24, 2.45) is 17.1 Å². The zero-order valence-corrected chi connectivity index (χ0v) is 24.1. The minimum absolute atomic E-state index is 0.103. The predicted octanol–water partition coefficient (Wildman–Crippen LogP) is 6.04. The van der Waals surface area contributed by atoms with Crippen molar-refractivity contribution in [3.8, 4) is 6.07 Å². The Morgan fingerprint density at radius 2 is 1.90 bits per heavy atom. The Morgan fingerprint density at radius 3 is 2.64 bits per heavy atom. The number of aryl methyl sites for hydroxylation is 1. The molecule has 2 aromatic heterocycles. The SMILES string of the molecule is CCc1nn(CC23CCC(OC(N)=O)(CC2)C(Cc2ccccc2)C3)c2c1CN(c1ccc(C#N)c3ncccc13)C2. The lowest BCUT2D eigenvalue weighted by Gasteiger charge is -2.57. The molecule has 214 valence electrons. The number of ether oxygens (including phenoxy) is 1. The van der Waals surface area contributed by atoms with Crippen molar-refractivity contribution < 1.29 is 9.53 Å². The monoisotopic (exact) mass is 560 g/mol. The van der Waals surface area contributed by atoms with Crippen LogP contribution in [0.1, 0.15) is 67.1 Å². The average Bonchev–Trinajstić information content (AvgIpc) is 3.58. The number of carbonyl (C=O) groups is 1. The summed E-state index contributed by atoms with van der Waals surface area (Å²) in [4.78, 5) is 18.9. The fourth-order valence-electron chi connectivity index (χ4n) is 8.09. The summed E-state index contributed by atoms with van der Waals surface area (Å²) < 4.78 is 8.24. The summed E-state index contributed by atoms with van der Waals surface area (Å²) in [5.41, 5.74) is 12.7. The van der Waals surface area contributed by atoms with E-state index >= 15 is 0 Å². The topological polar surface area (TPSA) is 110 Å². The Hall–Kier alpha value is -4.38. The Labute approximate surface area is 246 Å². The van der Waals surface area contributed by atoms with E-state index in [1.54, 1.807) is 6.20 Å². The van der Waals surface area contributed by atoms with Crippen LogP contribution in [0.15, 0.2) is 60.8 Å². The number of fused-ring (bicyclic) bond motifs is 5. The predicted molar refractivity (Wildman–Crippen MR) is 161 cm³/mol. The Balaban J connectivity index is 1.18. The molecule has 2 bridgehead atoms. The summed E-state index contributed by atoms with van der Waals surface area (Å²) >= 11 is 0.